The summed E-state index contributed by atoms with van der Waals surface area (Å²) in [6, 6.07) is 0.174. The Balaban J connectivity index is 2.70. The lowest BCUT2D eigenvalue weighted by Crippen LogP contribution is -2.40. The smallest absolute Gasteiger partial charge is 0.212 e. The van der Waals surface area contributed by atoms with Crippen LogP contribution >= 0.6 is 0 Å². The van der Waals surface area contributed by atoms with Gasteiger partial charge in [-0.3, -0.25) is 0 Å². The van der Waals surface area contributed by atoms with Crippen molar-refractivity contribution in [3.8, 4) is 0 Å². The van der Waals surface area contributed by atoms with Crippen molar-refractivity contribution in [2.75, 3.05) is 7.05 Å². The van der Waals surface area contributed by atoms with Gasteiger partial charge in [-0.1, -0.05) is 0 Å². The highest BCUT2D eigenvalue weighted by atomic mass is 32.2. The molecule has 78 valence electrons. The minimum atomic E-state index is -3.05. The minimum Gasteiger partial charge on any atom is -0.212 e. The number of nitrogens with zero attached hydrogens (tertiary/aromatic N) is 1. The van der Waals surface area contributed by atoms with Gasteiger partial charge in [0.2, 0.25) is 10.0 Å². The van der Waals surface area contributed by atoms with E-state index in [9.17, 15) is 8.42 Å². The van der Waals surface area contributed by atoms with Gasteiger partial charge in [0.05, 0.1) is 5.25 Å². The Morgan fingerprint density at radius 3 is 2.00 bits per heavy atom. The lowest BCUT2D eigenvalue weighted by Gasteiger charge is -2.25. The van der Waals surface area contributed by atoms with Crippen LogP contribution in [0.5, 0.6) is 0 Å². The summed E-state index contributed by atoms with van der Waals surface area (Å²) in [4.78, 5) is 0. The predicted molar refractivity (Wildman–Crippen MR) is 54.0 cm³/mol. The van der Waals surface area contributed by atoms with E-state index >= 15 is 0 Å². The van der Waals surface area contributed by atoms with E-state index in [0.717, 1.165) is 0 Å². The van der Waals surface area contributed by atoms with E-state index < -0.39 is 10.0 Å². The first-order chi connectivity index (χ1) is 5.87. The zero-order chi connectivity index (χ0) is 10.2. The fraction of sp³-hybridized carbons (Fsp3) is 1.00. The number of hydrogen-bond acceptors (Lipinski definition) is 2. The maximum absolute atomic E-state index is 11.7. The van der Waals surface area contributed by atoms with Crippen LogP contribution in [0, 0.1) is 5.92 Å². The van der Waals surface area contributed by atoms with Crippen LogP contribution in [0.2, 0.25) is 0 Å². The average Bonchev–Trinajstić information content (AvgIpc) is 2.83. The molecule has 1 unspecified atom stereocenters. The Kier molecular flexibility index (Phi) is 3.02. The lowest BCUT2D eigenvalue weighted by molar-refractivity contribution is 0.354. The van der Waals surface area contributed by atoms with Crippen LogP contribution in [-0.4, -0.2) is 31.1 Å². The molecule has 1 aliphatic carbocycles. The van der Waals surface area contributed by atoms with Crippen molar-refractivity contribution in [2.24, 2.45) is 5.92 Å². The molecule has 1 rings (SSSR count). The van der Waals surface area contributed by atoms with Crippen LogP contribution in [0.15, 0.2) is 0 Å². The molecule has 0 aromatic carbocycles. The highest BCUT2D eigenvalue weighted by Crippen LogP contribution is 2.35. The van der Waals surface area contributed by atoms with E-state index in [-0.39, 0.29) is 11.3 Å². The maximum atomic E-state index is 11.7. The summed E-state index contributed by atoms with van der Waals surface area (Å²) >= 11 is 0. The maximum Gasteiger partial charge on any atom is 0.216 e. The van der Waals surface area contributed by atoms with Crippen molar-refractivity contribution in [1.29, 1.82) is 0 Å². The molecule has 0 aromatic rings. The average molecular weight is 205 g/mol. The van der Waals surface area contributed by atoms with Gasteiger partial charge in [0.1, 0.15) is 0 Å². The molecule has 1 fully saturated rings. The summed E-state index contributed by atoms with van der Waals surface area (Å²) in [7, 11) is -1.36. The van der Waals surface area contributed by atoms with Gasteiger partial charge in [-0.05, 0) is 39.5 Å². The Labute approximate surface area is 81.2 Å². The van der Waals surface area contributed by atoms with Gasteiger partial charge in [0, 0.05) is 13.1 Å². The van der Waals surface area contributed by atoms with Gasteiger partial charge in [0.15, 0.2) is 0 Å². The van der Waals surface area contributed by atoms with Gasteiger partial charge < -0.3 is 0 Å². The second kappa shape index (κ2) is 3.58. The molecule has 0 aliphatic heterocycles. The minimum absolute atomic E-state index is 0.174. The summed E-state index contributed by atoms with van der Waals surface area (Å²) < 4.78 is 25.0. The first-order valence-corrected chi connectivity index (χ1v) is 6.34. The van der Waals surface area contributed by atoms with Crippen LogP contribution in [0.25, 0.3) is 0 Å². The second-order valence-corrected chi connectivity index (χ2v) is 6.74. The SMILES string of the molecule is CC(C1CC1)N(C)S(=O)(=O)C(C)C. The van der Waals surface area contributed by atoms with Crippen molar-refractivity contribution in [1.82, 2.24) is 4.31 Å². The van der Waals surface area contributed by atoms with Crippen molar-refractivity contribution in [3.05, 3.63) is 0 Å². The summed E-state index contributed by atoms with van der Waals surface area (Å²) in [5.41, 5.74) is 0. The first-order valence-electron chi connectivity index (χ1n) is 4.84. The molecule has 4 heteroatoms. The molecule has 0 saturated heterocycles. The quantitative estimate of drug-likeness (QED) is 0.696. The first kappa shape index (κ1) is 11.0. The summed E-state index contributed by atoms with van der Waals surface area (Å²) in [6.45, 7) is 5.45. The Hall–Kier alpha value is -0.0900. The third-order valence-corrected chi connectivity index (χ3v) is 5.20. The monoisotopic (exact) mass is 205 g/mol. The van der Waals surface area contributed by atoms with Gasteiger partial charge in [-0.15, -0.1) is 0 Å². The van der Waals surface area contributed by atoms with Crippen LogP contribution in [-0.2, 0) is 10.0 Å². The van der Waals surface area contributed by atoms with E-state index in [1.807, 2.05) is 6.92 Å². The summed E-state index contributed by atoms with van der Waals surface area (Å²) in [6.07, 6.45) is 2.36. The number of rotatable bonds is 4. The molecule has 13 heavy (non-hydrogen) atoms. The van der Waals surface area contributed by atoms with Gasteiger partial charge in [0.25, 0.3) is 0 Å². The highest BCUT2D eigenvalue weighted by molar-refractivity contribution is 7.89. The summed E-state index contributed by atoms with van der Waals surface area (Å²) in [5.74, 6) is 0.596. The zero-order valence-corrected chi connectivity index (χ0v) is 9.63. The molecular formula is C9H19NO2S. The van der Waals surface area contributed by atoms with Gasteiger partial charge in [-0.2, -0.15) is 0 Å². The van der Waals surface area contributed by atoms with Gasteiger partial charge in [-0.25, -0.2) is 12.7 Å². The van der Waals surface area contributed by atoms with Crippen LogP contribution < -0.4 is 0 Å². The standard InChI is InChI=1S/C9H19NO2S/c1-7(2)13(11,12)10(4)8(3)9-5-6-9/h7-9H,5-6H2,1-4H3. The third-order valence-electron chi connectivity index (χ3n) is 2.87. The fourth-order valence-corrected chi connectivity index (χ4v) is 2.74. The van der Waals surface area contributed by atoms with Crippen LogP contribution in [0.4, 0.5) is 0 Å². The van der Waals surface area contributed by atoms with E-state index in [0.29, 0.717) is 5.92 Å². The zero-order valence-electron chi connectivity index (χ0n) is 8.82. The van der Waals surface area contributed by atoms with E-state index in [4.69, 9.17) is 0 Å². The van der Waals surface area contributed by atoms with Crippen molar-refractivity contribution < 1.29 is 8.42 Å². The molecule has 0 N–H and O–H groups in total. The van der Waals surface area contributed by atoms with E-state index in [1.54, 1.807) is 20.9 Å². The molecule has 0 heterocycles. The fourth-order valence-electron chi connectivity index (χ4n) is 1.44. The van der Waals surface area contributed by atoms with E-state index in [2.05, 4.69) is 0 Å². The third kappa shape index (κ3) is 2.23. The topological polar surface area (TPSA) is 37.4 Å². The Morgan fingerprint density at radius 1 is 1.23 bits per heavy atom. The van der Waals surface area contributed by atoms with Crippen LogP contribution in [0.3, 0.4) is 0 Å². The lowest BCUT2D eigenvalue weighted by atomic mass is 10.2. The molecule has 0 amide bonds. The highest BCUT2D eigenvalue weighted by Gasteiger charge is 2.36. The van der Waals surface area contributed by atoms with Crippen LogP contribution in [0.1, 0.15) is 33.6 Å². The number of hydrogen-bond donors (Lipinski definition) is 0. The van der Waals surface area contributed by atoms with Crippen molar-refractivity contribution >= 4 is 10.0 Å². The normalized spacial score (nSPS) is 21.1. The molecule has 0 aromatic heterocycles. The second-order valence-electron chi connectivity index (χ2n) is 4.19. The van der Waals surface area contributed by atoms with Crippen molar-refractivity contribution in [2.45, 2.75) is 44.9 Å². The number of sulfonamides is 1. The molecule has 0 spiro atoms. The molecule has 1 atom stereocenters. The predicted octanol–water partition coefficient (Wildman–Crippen LogP) is 1.45. The molecular weight excluding hydrogens is 186 g/mol. The molecule has 0 radical (unpaired) electrons. The largest absolute Gasteiger partial charge is 0.216 e. The van der Waals surface area contributed by atoms with E-state index in [1.165, 1.54) is 17.1 Å². The molecule has 1 saturated carbocycles. The Morgan fingerprint density at radius 2 is 1.69 bits per heavy atom. The Bertz CT molecular complexity index is 267. The molecule has 0 bridgehead atoms. The molecule has 3 nitrogen and oxygen atoms in total. The molecule has 1 aliphatic rings. The van der Waals surface area contributed by atoms with Crippen molar-refractivity contribution in [3.63, 3.8) is 0 Å². The summed E-state index contributed by atoms with van der Waals surface area (Å²) in [5, 5.41) is -0.307. The van der Waals surface area contributed by atoms with Gasteiger partial charge >= 0.3 is 0 Å².